The van der Waals surface area contributed by atoms with E-state index < -0.39 is 9.96 Å². The van der Waals surface area contributed by atoms with Gasteiger partial charge in [0.2, 0.25) is 3.79 Å². The number of halogens is 3. The molecule has 1 aromatic heterocycles. The molecule has 5 rings (SSSR count). The summed E-state index contributed by atoms with van der Waals surface area (Å²) in [5.41, 5.74) is 1.56. The maximum absolute atomic E-state index is 13.3. The highest BCUT2D eigenvalue weighted by Crippen LogP contribution is 2.40. The van der Waals surface area contributed by atoms with E-state index in [0.717, 1.165) is 22.9 Å². The van der Waals surface area contributed by atoms with Gasteiger partial charge in [0.25, 0.3) is 11.5 Å². The molecule has 5 nitrogen and oxygen atoms in total. The van der Waals surface area contributed by atoms with Crippen LogP contribution in [0.5, 0.6) is 0 Å². The number of piperidine rings is 1. The number of nitrogens with zero attached hydrogens (tertiary/aromatic N) is 2. The molecule has 3 atom stereocenters. The highest BCUT2D eigenvalue weighted by atomic mass is 35.6. The van der Waals surface area contributed by atoms with E-state index in [1.165, 1.54) is 0 Å². The molecule has 1 saturated heterocycles. The largest absolute Gasteiger partial charge is 0.332 e. The molecule has 166 valence electrons. The number of amides is 1. The summed E-state index contributed by atoms with van der Waals surface area (Å²) in [6.45, 7) is 1.85. The Morgan fingerprint density at radius 3 is 2.53 bits per heavy atom. The summed E-state index contributed by atoms with van der Waals surface area (Å²) < 4.78 is 0.136. The van der Waals surface area contributed by atoms with Crippen LogP contribution in [0.2, 0.25) is 0 Å². The van der Waals surface area contributed by atoms with Gasteiger partial charge < -0.3 is 9.88 Å². The lowest BCUT2D eigenvalue weighted by Gasteiger charge is -2.47. The minimum absolute atomic E-state index is 0.0211. The number of fused-ring (bicyclic) bond motifs is 5. The van der Waals surface area contributed by atoms with Gasteiger partial charge in [0.15, 0.2) is 0 Å². The first-order chi connectivity index (χ1) is 15.3. The molecule has 2 aromatic carbocycles. The zero-order chi connectivity index (χ0) is 22.5. The molecule has 3 aromatic rings. The first-order valence-electron chi connectivity index (χ1n) is 10.6. The number of alkyl halides is 3. The molecule has 1 N–H and O–H groups in total. The first kappa shape index (κ1) is 21.8. The SMILES string of the molecule is O=C(NC(N1CC2CC(C1)c1cccc(=O)n1C2)C(Cl)(Cl)Cl)c1cccc2ccccc12. The second-order valence-electron chi connectivity index (χ2n) is 8.60. The van der Waals surface area contributed by atoms with E-state index in [1.54, 1.807) is 18.2 Å². The number of pyridine rings is 1. The summed E-state index contributed by atoms with van der Waals surface area (Å²) in [6, 6.07) is 18.7. The van der Waals surface area contributed by atoms with Gasteiger partial charge in [-0.25, -0.2) is 0 Å². The van der Waals surface area contributed by atoms with Crippen LogP contribution in [0, 0.1) is 5.92 Å². The highest BCUT2D eigenvalue weighted by Gasteiger charge is 2.44. The Hall–Kier alpha value is -2.05. The van der Waals surface area contributed by atoms with Gasteiger partial charge >= 0.3 is 0 Å². The van der Waals surface area contributed by atoms with Crippen molar-refractivity contribution in [3.05, 3.63) is 82.3 Å². The summed E-state index contributed by atoms with van der Waals surface area (Å²) in [5, 5.41) is 4.80. The standard InChI is InChI=1S/C24H22Cl3N3O2/c25-24(26,27)23(28-22(32)19-8-3-6-16-5-1-2-7-18(16)19)29-12-15-11-17(14-29)20-9-4-10-21(31)30(20)13-15/h1-10,15,17,23H,11-14H2,(H,28,32). The van der Waals surface area contributed by atoms with Crippen LogP contribution in [0.4, 0.5) is 0 Å². The van der Waals surface area contributed by atoms with Crippen LogP contribution in [-0.4, -0.2) is 38.4 Å². The molecule has 1 amide bonds. The van der Waals surface area contributed by atoms with E-state index in [2.05, 4.69) is 5.32 Å². The Morgan fingerprint density at radius 2 is 1.72 bits per heavy atom. The number of benzene rings is 2. The topological polar surface area (TPSA) is 54.3 Å². The number of carbonyl (C=O) groups excluding carboxylic acids is 1. The van der Waals surface area contributed by atoms with Crippen molar-refractivity contribution >= 4 is 51.5 Å². The molecular formula is C24H22Cl3N3O2. The predicted octanol–water partition coefficient (Wildman–Crippen LogP) is 4.55. The summed E-state index contributed by atoms with van der Waals surface area (Å²) >= 11 is 19.2. The van der Waals surface area contributed by atoms with Gasteiger partial charge in [-0.3, -0.25) is 14.5 Å². The number of carbonyl (C=O) groups is 1. The van der Waals surface area contributed by atoms with Gasteiger partial charge in [-0.1, -0.05) is 77.3 Å². The molecule has 0 spiro atoms. The molecule has 2 bridgehead atoms. The number of aromatic nitrogens is 1. The lowest BCUT2D eigenvalue weighted by Crippen LogP contribution is -2.60. The second kappa shape index (κ2) is 8.38. The summed E-state index contributed by atoms with van der Waals surface area (Å²) in [4.78, 5) is 27.6. The van der Waals surface area contributed by atoms with Gasteiger partial charge in [0.05, 0.1) is 0 Å². The quantitative estimate of drug-likeness (QED) is 0.548. The molecular weight excluding hydrogens is 469 g/mol. The number of nitrogens with one attached hydrogen (secondary N) is 1. The molecule has 3 unspecified atom stereocenters. The van der Waals surface area contributed by atoms with Gasteiger partial charge in [-0.05, 0) is 35.2 Å². The third-order valence-corrected chi connectivity index (χ3v) is 7.11. The molecule has 0 saturated carbocycles. The van der Waals surface area contributed by atoms with Crippen LogP contribution >= 0.6 is 34.8 Å². The van der Waals surface area contributed by atoms with Crippen molar-refractivity contribution in [3.63, 3.8) is 0 Å². The van der Waals surface area contributed by atoms with Crippen LogP contribution in [0.1, 0.15) is 28.4 Å². The third-order valence-electron chi connectivity index (χ3n) is 6.49. The Labute approximate surface area is 200 Å². The lowest BCUT2D eigenvalue weighted by atomic mass is 9.83. The molecule has 8 heteroatoms. The maximum atomic E-state index is 13.3. The Morgan fingerprint density at radius 1 is 0.969 bits per heavy atom. The van der Waals surface area contributed by atoms with Crippen molar-refractivity contribution in [1.29, 1.82) is 0 Å². The minimum Gasteiger partial charge on any atom is -0.332 e. The average molecular weight is 491 g/mol. The van der Waals surface area contributed by atoms with Gasteiger partial charge in [-0.2, -0.15) is 0 Å². The fourth-order valence-electron chi connectivity index (χ4n) is 5.15. The maximum Gasteiger partial charge on any atom is 0.253 e. The van der Waals surface area contributed by atoms with Crippen LogP contribution < -0.4 is 10.9 Å². The van der Waals surface area contributed by atoms with Gasteiger partial charge in [0.1, 0.15) is 6.17 Å². The number of rotatable bonds is 3. The predicted molar refractivity (Wildman–Crippen MR) is 129 cm³/mol. The van der Waals surface area contributed by atoms with Crippen LogP contribution in [0.3, 0.4) is 0 Å². The van der Waals surface area contributed by atoms with Crippen molar-refractivity contribution in [2.45, 2.75) is 28.8 Å². The lowest BCUT2D eigenvalue weighted by molar-refractivity contribution is 0.0587. The fourth-order valence-corrected chi connectivity index (χ4v) is 5.73. The van der Waals surface area contributed by atoms with Crippen molar-refractivity contribution < 1.29 is 4.79 Å². The second-order valence-corrected chi connectivity index (χ2v) is 11.0. The molecule has 1 fully saturated rings. The zero-order valence-corrected chi connectivity index (χ0v) is 19.4. The van der Waals surface area contributed by atoms with E-state index >= 15 is 0 Å². The van der Waals surface area contributed by atoms with E-state index in [4.69, 9.17) is 34.8 Å². The van der Waals surface area contributed by atoms with Gasteiger partial charge in [-0.15, -0.1) is 0 Å². The van der Waals surface area contributed by atoms with Crippen molar-refractivity contribution in [2.75, 3.05) is 13.1 Å². The fraction of sp³-hybridized carbons (Fsp3) is 0.333. The molecule has 0 aliphatic carbocycles. The summed E-state index contributed by atoms with van der Waals surface area (Å²) in [7, 11) is 0. The molecule has 0 radical (unpaired) electrons. The highest BCUT2D eigenvalue weighted by molar-refractivity contribution is 6.68. The zero-order valence-electron chi connectivity index (χ0n) is 17.2. The van der Waals surface area contributed by atoms with E-state index in [0.29, 0.717) is 25.2 Å². The molecule has 32 heavy (non-hydrogen) atoms. The minimum atomic E-state index is -1.72. The number of hydrogen-bond donors (Lipinski definition) is 1. The smallest absolute Gasteiger partial charge is 0.253 e. The van der Waals surface area contributed by atoms with Crippen LogP contribution in [0.15, 0.2) is 65.5 Å². The Balaban J connectivity index is 1.44. The Kier molecular flexibility index (Phi) is 5.70. The van der Waals surface area contributed by atoms with Crippen LogP contribution in [-0.2, 0) is 6.54 Å². The van der Waals surface area contributed by atoms with E-state index in [-0.39, 0.29) is 23.3 Å². The molecule has 2 aliphatic rings. The van der Waals surface area contributed by atoms with Crippen LogP contribution in [0.25, 0.3) is 10.8 Å². The average Bonchev–Trinajstić information content (AvgIpc) is 2.77. The monoisotopic (exact) mass is 489 g/mol. The normalized spacial score (nSPS) is 21.7. The number of likely N-dealkylation sites (tertiary alicyclic amines) is 1. The third kappa shape index (κ3) is 4.03. The van der Waals surface area contributed by atoms with Crippen molar-refractivity contribution in [2.24, 2.45) is 5.92 Å². The Bertz CT molecular complexity index is 1230. The van der Waals surface area contributed by atoms with E-state index in [9.17, 15) is 9.59 Å². The molecule has 2 aliphatic heterocycles. The molecule has 3 heterocycles. The van der Waals surface area contributed by atoms with Crippen molar-refractivity contribution in [1.82, 2.24) is 14.8 Å². The summed E-state index contributed by atoms with van der Waals surface area (Å²) in [5.74, 6) is 0.0943. The van der Waals surface area contributed by atoms with Crippen molar-refractivity contribution in [3.8, 4) is 0 Å². The van der Waals surface area contributed by atoms with Gasteiger partial charge in [0, 0.05) is 42.9 Å². The number of hydrogen-bond acceptors (Lipinski definition) is 3. The first-order valence-corrected chi connectivity index (χ1v) is 11.7. The summed E-state index contributed by atoms with van der Waals surface area (Å²) in [6.07, 6.45) is 0.176. The van der Waals surface area contributed by atoms with E-state index in [1.807, 2.05) is 51.9 Å².